The minimum atomic E-state index is -3.76. The first-order valence-electron chi connectivity index (χ1n) is 7.79. The van der Waals surface area contributed by atoms with Crippen LogP contribution in [0.25, 0.3) is 0 Å². The normalized spacial score (nSPS) is 25.0. The summed E-state index contributed by atoms with van der Waals surface area (Å²) in [6.07, 6.45) is 0. The number of benzene rings is 2. The lowest BCUT2D eigenvalue weighted by molar-refractivity contribution is 0.166. The third-order valence-electron chi connectivity index (χ3n) is 4.80. The van der Waals surface area contributed by atoms with Gasteiger partial charge in [-0.15, -0.1) is 0 Å². The van der Waals surface area contributed by atoms with Crippen molar-refractivity contribution in [2.45, 2.75) is 16.1 Å². The van der Waals surface area contributed by atoms with Gasteiger partial charge in [0.2, 0.25) is 0 Å². The minimum Gasteiger partial charge on any atom is -0.393 e. The zero-order chi connectivity index (χ0) is 19.1. The van der Waals surface area contributed by atoms with Gasteiger partial charge in [-0.2, -0.15) is 0 Å². The Labute approximate surface area is 162 Å². The molecule has 138 valence electrons. The lowest BCUT2D eigenvalue weighted by Gasteiger charge is -2.16. The van der Waals surface area contributed by atoms with E-state index in [-0.39, 0.29) is 16.5 Å². The molecular weight excluding hydrogens is 397 g/mol. The van der Waals surface area contributed by atoms with E-state index in [4.69, 9.17) is 34.3 Å². The minimum absolute atomic E-state index is 0.0574. The Morgan fingerprint density at radius 2 is 1.81 bits per heavy atom. The largest absolute Gasteiger partial charge is 0.393 e. The summed E-state index contributed by atoms with van der Waals surface area (Å²) in [5.74, 6) is -0.916. The van der Waals surface area contributed by atoms with Crippen molar-refractivity contribution in [3.05, 3.63) is 64.9 Å². The van der Waals surface area contributed by atoms with Gasteiger partial charge in [0.1, 0.15) is 5.82 Å². The predicted octanol–water partition coefficient (Wildman–Crippen LogP) is 3.34. The van der Waals surface area contributed by atoms with Crippen molar-refractivity contribution in [2.24, 2.45) is 11.1 Å². The highest BCUT2D eigenvalue weighted by atomic mass is 35.5. The van der Waals surface area contributed by atoms with E-state index < -0.39 is 32.2 Å². The van der Waals surface area contributed by atoms with Gasteiger partial charge in [-0.3, -0.25) is 0 Å². The number of rotatable bonds is 6. The van der Waals surface area contributed by atoms with Crippen molar-refractivity contribution in [3.63, 3.8) is 0 Å². The molecule has 0 saturated heterocycles. The summed E-state index contributed by atoms with van der Waals surface area (Å²) >= 11 is 11.1. The monoisotopic (exact) mass is 413 g/mol. The van der Waals surface area contributed by atoms with Crippen LogP contribution in [-0.2, 0) is 14.6 Å². The number of nitrogens with two attached hydrogens (primary N) is 1. The molecule has 1 saturated carbocycles. The lowest BCUT2D eigenvalue weighted by Crippen LogP contribution is -2.33. The molecular formula is C18H17ClFNO3S2. The highest BCUT2D eigenvalue weighted by molar-refractivity contribution is 7.92. The number of sulfone groups is 1. The highest BCUT2D eigenvalue weighted by Gasteiger charge is 2.73. The van der Waals surface area contributed by atoms with Gasteiger partial charge < -0.3 is 10.5 Å². The van der Waals surface area contributed by atoms with Gasteiger partial charge in [0, 0.05) is 18.1 Å². The Morgan fingerprint density at radius 1 is 1.23 bits per heavy atom. The maximum absolute atomic E-state index is 13.3. The molecule has 2 N–H and O–H groups in total. The summed E-state index contributed by atoms with van der Waals surface area (Å²) in [6.45, 7) is 0.0574. The second kappa shape index (κ2) is 6.88. The van der Waals surface area contributed by atoms with E-state index in [1.165, 1.54) is 43.5 Å². The van der Waals surface area contributed by atoms with Crippen LogP contribution in [-0.4, -0.2) is 32.4 Å². The van der Waals surface area contributed by atoms with E-state index in [9.17, 15) is 12.8 Å². The van der Waals surface area contributed by atoms with Crippen LogP contribution >= 0.6 is 23.8 Å². The Kier molecular flexibility index (Phi) is 5.09. The molecule has 8 heteroatoms. The van der Waals surface area contributed by atoms with E-state index in [1.807, 2.05) is 0 Å². The van der Waals surface area contributed by atoms with Gasteiger partial charge in [0.05, 0.1) is 27.2 Å². The van der Waals surface area contributed by atoms with Gasteiger partial charge in [-0.25, -0.2) is 12.8 Å². The van der Waals surface area contributed by atoms with Crippen LogP contribution in [0, 0.1) is 11.2 Å². The second-order valence-electron chi connectivity index (χ2n) is 6.29. The Hall–Kier alpha value is -1.54. The average Bonchev–Trinajstić information content (AvgIpc) is 3.27. The number of methoxy groups -OCH3 is 1. The molecule has 0 heterocycles. The smallest absolute Gasteiger partial charge is 0.182 e. The van der Waals surface area contributed by atoms with Crippen LogP contribution in [0.5, 0.6) is 0 Å². The second-order valence-corrected chi connectivity index (χ2v) is 9.23. The SMILES string of the molecule is COC[C@@]1(C(N)=S)[C@H](S(=O)(=O)c2ccc(Cl)cc2)[C@@H]1c1ccc(F)cc1. The molecule has 0 spiro atoms. The fourth-order valence-electron chi connectivity index (χ4n) is 3.55. The summed E-state index contributed by atoms with van der Waals surface area (Å²) in [6, 6.07) is 11.6. The van der Waals surface area contributed by atoms with E-state index >= 15 is 0 Å². The van der Waals surface area contributed by atoms with E-state index in [2.05, 4.69) is 0 Å². The fraction of sp³-hybridized carbons (Fsp3) is 0.278. The number of ether oxygens (including phenoxy) is 1. The van der Waals surface area contributed by atoms with E-state index in [1.54, 1.807) is 12.1 Å². The maximum atomic E-state index is 13.3. The van der Waals surface area contributed by atoms with Crippen molar-refractivity contribution in [1.82, 2.24) is 0 Å². The third kappa shape index (κ3) is 3.03. The summed E-state index contributed by atoms with van der Waals surface area (Å²) in [5, 5.41) is -0.452. The van der Waals surface area contributed by atoms with Crippen molar-refractivity contribution in [3.8, 4) is 0 Å². The van der Waals surface area contributed by atoms with Gasteiger partial charge in [0.15, 0.2) is 9.84 Å². The van der Waals surface area contributed by atoms with Crippen molar-refractivity contribution in [2.75, 3.05) is 13.7 Å². The Morgan fingerprint density at radius 3 is 2.31 bits per heavy atom. The van der Waals surface area contributed by atoms with Crippen molar-refractivity contribution in [1.29, 1.82) is 0 Å². The Bertz CT molecular complexity index is 932. The molecule has 0 unspecified atom stereocenters. The molecule has 1 aliphatic rings. The molecule has 2 aromatic carbocycles. The first-order chi connectivity index (χ1) is 12.2. The van der Waals surface area contributed by atoms with Gasteiger partial charge in [0.25, 0.3) is 0 Å². The molecule has 0 aliphatic heterocycles. The van der Waals surface area contributed by atoms with Gasteiger partial charge in [-0.1, -0.05) is 36.0 Å². The van der Waals surface area contributed by atoms with Crippen molar-refractivity contribution < 1.29 is 17.5 Å². The highest BCUT2D eigenvalue weighted by Crippen LogP contribution is 2.64. The van der Waals surface area contributed by atoms with Crippen LogP contribution < -0.4 is 5.73 Å². The molecule has 0 amide bonds. The lowest BCUT2D eigenvalue weighted by atomic mass is 10.00. The first-order valence-corrected chi connectivity index (χ1v) is 10.1. The maximum Gasteiger partial charge on any atom is 0.182 e. The number of hydrogen-bond donors (Lipinski definition) is 1. The number of thiocarbonyl (C=S) groups is 1. The number of hydrogen-bond acceptors (Lipinski definition) is 4. The van der Waals surface area contributed by atoms with Crippen LogP contribution in [0.15, 0.2) is 53.4 Å². The van der Waals surface area contributed by atoms with E-state index in [0.29, 0.717) is 10.6 Å². The van der Waals surface area contributed by atoms with E-state index in [0.717, 1.165) is 0 Å². The van der Waals surface area contributed by atoms with Crippen molar-refractivity contribution >= 4 is 38.6 Å². The molecule has 0 radical (unpaired) electrons. The average molecular weight is 414 g/mol. The summed E-state index contributed by atoms with van der Waals surface area (Å²) in [7, 11) is -2.30. The first kappa shape index (κ1) is 19.2. The Balaban J connectivity index is 2.11. The van der Waals surface area contributed by atoms with Gasteiger partial charge in [-0.05, 0) is 42.0 Å². The summed E-state index contributed by atoms with van der Waals surface area (Å²) < 4.78 is 45.1. The molecule has 1 aliphatic carbocycles. The van der Waals surface area contributed by atoms with Crippen LogP contribution in [0.2, 0.25) is 5.02 Å². The molecule has 3 atom stereocenters. The molecule has 26 heavy (non-hydrogen) atoms. The zero-order valence-electron chi connectivity index (χ0n) is 13.9. The number of halogens is 2. The zero-order valence-corrected chi connectivity index (χ0v) is 16.2. The van der Waals surface area contributed by atoms with Crippen LogP contribution in [0.1, 0.15) is 11.5 Å². The fourth-order valence-corrected chi connectivity index (χ4v) is 6.45. The topological polar surface area (TPSA) is 69.4 Å². The molecule has 2 aromatic rings. The molecule has 3 rings (SSSR count). The van der Waals surface area contributed by atoms with Crippen LogP contribution in [0.3, 0.4) is 0 Å². The standard InChI is InChI=1S/C18H17ClFNO3S2/c1-24-10-18(17(21)25)15(11-2-6-13(20)7-3-11)16(18)26(22,23)14-8-4-12(19)5-9-14/h2-9,15-16H,10H2,1H3,(H2,21,25)/t15-,16+,18-/m0/s1. The summed E-state index contributed by atoms with van der Waals surface area (Å²) in [5.41, 5.74) is 5.57. The molecule has 1 fully saturated rings. The van der Waals surface area contributed by atoms with Gasteiger partial charge >= 0.3 is 0 Å². The predicted molar refractivity (Wildman–Crippen MR) is 103 cm³/mol. The molecule has 0 aromatic heterocycles. The molecule has 4 nitrogen and oxygen atoms in total. The van der Waals surface area contributed by atoms with Crippen LogP contribution in [0.4, 0.5) is 4.39 Å². The molecule has 0 bridgehead atoms. The quantitative estimate of drug-likeness (QED) is 0.735. The third-order valence-corrected chi connectivity index (χ3v) is 7.73. The summed E-state index contributed by atoms with van der Waals surface area (Å²) in [4.78, 5) is 0.199.